The second-order valence-electron chi connectivity index (χ2n) is 1.88. The van der Waals surface area contributed by atoms with Crippen molar-refractivity contribution in [3.63, 3.8) is 0 Å². The minimum absolute atomic E-state index is 0.315. The van der Waals surface area contributed by atoms with Crippen LogP contribution in [0.4, 0.5) is 0 Å². The van der Waals surface area contributed by atoms with Crippen molar-refractivity contribution in [2.75, 3.05) is 0 Å². The summed E-state index contributed by atoms with van der Waals surface area (Å²) in [5.74, 6) is 0.315. The molecule has 0 aliphatic rings. The zero-order valence-electron chi connectivity index (χ0n) is 5.40. The molecule has 0 aliphatic carbocycles. The van der Waals surface area contributed by atoms with Crippen molar-refractivity contribution in [1.82, 2.24) is 0 Å². The Morgan fingerprint density at radius 1 is 1.50 bits per heavy atom. The van der Waals surface area contributed by atoms with E-state index in [-0.39, 0.29) is 0 Å². The first-order chi connectivity index (χ1) is 3.72. The average molecular weight is 147 g/mol. The fourth-order valence-electron chi connectivity index (χ4n) is 0.659. The maximum atomic E-state index is 10.6. The van der Waals surface area contributed by atoms with Gasteiger partial charge in [-0.15, -0.1) is 0 Å². The molecule has 0 aromatic heterocycles. The van der Waals surface area contributed by atoms with Gasteiger partial charge in [-0.25, -0.2) is 0 Å². The van der Waals surface area contributed by atoms with E-state index >= 15 is 0 Å². The van der Waals surface area contributed by atoms with E-state index in [9.17, 15) is 4.79 Å². The summed E-state index contributed by atoms with van der Waals surface area (Å²) < 4.78 is 0.329. The van der Waals surface area contributed by atoms with Crippen molar-refractivity contribution in [2.24, 2.45) is 5.92 Å². The molecule has 0 rings (SSSR count). The Morgan fingerprint density at radius 2 is 1.88 bits per heavy atom. The van der Waals surface area contributed by atoms with Crippen LogP contribution in [0.3, 0.4) is 0 Å². The first kappa shape index (κ1) is 8.38. The van der Waals surface area contributed by atoms with Crippen LogP contribution in [-0.2, 0) is 25.2 Å². The molecule has 0 saturated carbocycles. The van der Waals surface area contributed by atoms with E-state index in [1.807, 2.05) is 0 Å². The van der Waals surface area contributed by atoms with Crippen LogP contribution in [0, 0.1) is 5.92 Å². The summed E-state index contributed by atoms with van der Waals surface area (Å²) in [6, 6.07) is 0. The quantitative estimate of drug-likeness (QED) is 0.552. The molecule has 0 radical (unpaired) electrons. The van der Waals surface area contributed by atoms with Crippen LogP contribution in [-0.4, -0.2) is 4.09 Å². The fourth-order valence-corrected chi connectivity index (χ4v) is 1.30. The van der Waals surface area contributed by atoms with E-state index in [1.54, 1.807) is 20.4 Å². The summed E-state index contributed by atoms with van der Waals surface area (Å²) in [5, 5.41) is 0. The Labute approximate surface area is 62.3 Å². The summed E-state index contributed by atoms with van der Waals surface area (Å²) in [5.41, 5.74) is 0. The van der Waals surface area contributed by atoms with Gasteiger partial charge < -0.3 is 0 Å². The summed E-state index contributed by atoms with van der Waals surface area (Å²) in [6.45, 7) is 4.10. The minimum atomic E-state index is 0.315. The number of hydrogen-bond acceptors (Lipinski definition) is 1. The molecule has 2 heteroatoms. The summed E-state index contributed by atoms with van der Waals surface area (Å²) >= 11 is 1.66. The molecular weight excluding hydrogens is 136 g/mol. The number of carbonyl (C=O) groups excluding carboxylic acids is 1. The molecule has 0 N–H and O–H groups in total. The van der Waals surface area contributed by atoms with Crippen molar-refractivity contribution in [1.29, 1.82) is 0 Å². The predicted molar refractivity (Wildman–Crippen MR) is 29.1 cm³/mol. The molecule has 0 saturated heterocycles. The van der Waals surface area contributed by atoms with E-state index in [0.717, 1.165) is 12.8 Å². The Balaban J connectivity index is 3.52. The average Bonchev–Trinajstić information content (AvgIpc) is 1.69. The summed E-state index contributed by atoms with van der Waals surface area (Å²) in [7, 11) is 0. The Morgan fingerprint density at radius 3 is 1.88 bits per heavy atom. The molecular formula is C6H11OTi. The molecule has 0 aromatic rings. The first-order valence-electron chi connectivity index (χ1n) is 2.97. The molecule has 0 fully saturated rings. The van der Waals surface area contributed by atoms with Gasteiger partial charge in [0.15, 0.2) is 0 Å². The molecule has 0 spiro atoms. The van der Waals surface area contributed by atoms with E-state index in [1.165, 1.54) is 0 Å². The molecule has 0 unspecified atom stereocenters. The molecule has 0 atom stereocenters. The Bertz CT molecular complexity index is 76.6. The van der Waals surface area contributed by atoms with Crippen molar-refractivity contribution in [2.45, 2.75) is 26.7 Å². The Kier molecular flexibility index (Phi) is 4.49. The van der Waals surface area contributed by atoms with Crippen LogP contribution in [0.2, 0.25) is 0 Å². The van der Waals surface area contributed by atoms with Crippen LogP contribution in [0.1, 0.15) is 26.7 Å². The molecule has 0 heterocycles. The molecule has 0 aromatic carbocycles. The van der Waals surface area contributed by atoms with Gasteiger partial charge in [-0.3, -0.25) is 0 Å². The normalized spacial score (nSPS) is 9.75. The molecule has 8 heavy (non-hydrogen) atoms. The first-order valence-corrected chi connectivity index (χ1v) is 3.75. The monoisotopic (exact) mass is 147 g/mol. The maximum absolute atomic E-state index is 10.6. The zero-order chi connectivity index (χ0) is 6.57. The van der Waals surface area contributed by atoms with Crippen LogP contribution < -0.4 is 0 Å². The molecule has 0 aliphatic heterocycles. The predicted octanol–water partition coefficient (Wildman–Crippen LogP) is 1.50. The standard InChI is InChI=1S/C6H11O.Ti/c1-3-6(4-2)5-7;/h6H,3-4H2,1-2H3;. The van der Waals surface area contributed by atoms with Gasteiger partial charge in [0.2, 0.25) is 0 Å². The summed E-state index contributed by atoms with van der Waals surface area (Å²) in [4.78, 5) is 10.6. The number of carbonyl (C=O) groups is 1. The van der Waals surface area contributed by atoms with E-state index in [2.05, 4.69) is 13.8 Å². The van der Waals surface area contributed by atoms with Crippen molar-refractivity contribution < 1.29 is 25.2 Å². The van der Waals surface area contributed by atoms with Gasteiger partial charge in [0.1, 0.15) is 0 Å². The van der Waals surface area contributed by atoms with Crippen molar-refractivity contribution >= 4 is 4.09 Å². The second kappa shape index (κ2) is 4.28. The Hall–Kier alpha value is 0.384. The molecule has 0 amide bonds. The van der Waals surface area contributed by atoms with Crippen LogP contribution in [0.5, 0.6) is 0 Å². The van der Waals surface area contributed by atoms with Gasteiger partial charge in [-0.2, -0.15) is 0 Å². The third kappa shape index (κ3) is 2.63. The topological polar surface area (TPSA) is 17.1 Å². The van der Waals surface area contributed by atoms with Gasteiger partial charge in [-0.1, -0.05) is 0 Å². The summed E-state index contributed by atoms with van der Waals surface area (Å²) in [6.07, 6.45) is 1.98. The van der Waals surface area contributed by atoms with Crippen LogP contribution >= 0.6 is 0 Å². The van der Waals surface area contributed by atoms with Gasteiger partial charge in [0.25, 0.3) is 0 Å². The van der Waals surface area contributed by atoms with Crippen LogP contribution in [0.15, 0.2) is 0 Å². The van der Waals surface area contributed by atoms with Gasteiger partial charge in [0.05, 0.1) is 0 Å². The van der Waals surface area contributed by atoms with E-state index in [0.29, 0.717) is 10.0 Å². The third-order valence-corrected chi connectivity index (χ3v) is 1.99. The molecule has 1 nitrogen and oxygen atoms in total. The van der Waals surface area contributed by atoms with Gasteiger partial charge in [0, 0.05) is 0 Å². The molecule has 45 valence electrons. The van der Waals surface area contributed by atoms with Crippen molar-refractivity contribution in [3.05, 3.63) is 0 Å². The zero-order valence-corrected chi connectivity index (χ0v) is 6.96. The third-order valence-electron chi connectivity index (χ3n) is 1.36. The van der Waals surface area contributed by atoms with Crippen molar-refractivity contribution in [3.8, 4) is 0 Å². The number of rotatable bonds is 3. The fraction of sp³-hybridized carbons (Fsp3) is 0.833. The number of hydrogen-bond donors (Lipinski definition) is 0. The molecule has 0 bridgehead atoms. The van der Waals surface area contributed by atoms with Crippen LogP contribution in [0.25, 0.3) is 0 Å². The van der Waals surface area contributed by atoms with Gasteiger partial charge >= 0.3 is 61.9 Å². The SMILES string of the molecule is CCC(CC)[C](=O)[Ti]. The second-order valence-corrected chi connectivity index (χ2v) is 2.65. The van der Waals surface area contributed by atoms with Gasteiger partial charge in [-0.05, 0) is 0 Å². The van der Waals surface area contributed by atoms with E-state index in [4.69, 9.17) is 0 Å². The van der Waals surface area contributed by atoms with E-state index < -0.39 is 0 Å².